The van der Waals surface area contributed by atoms with Gasteiger partial charge in [0.25, 0.3) is 0 Å². The van der Waals surface area contributed by atoms with Gasteiger partial charge < -0.3 is 14.6 Å². The summed E-state index contributed by atoms with van der Waals surface area (Å²) in [4.78, 5) is 26.0. The van der Waals surface area contributed by atoms with Crippen molar-refractivity contribution in [3.05, 3.63) is 77.2 Å². The summed E-state index contributed by atoms with van der Waals surface area (Å²) in [6.45, 7) is 4.74. The number of nitrogens with zero attached hydrogens (tertiary/aromatic N) is 4. The second kappa shape index (κ2) is 10.7. The molecule has 1 saturated carbocycles. The number of nitrogens with one attached hydrogen (secondary N) is 1. The molecule has 0 radical (unpaired) electrons. The monoisotopic (exact) mass is 503 g/mol. The Morgan fingerprint density at radius 1 is 1.22 bits per heavy atom. The number of hydrogen-bond donors (Lipinski definition) is 1. The third-order valence-corrected chi connectivity index (χ3v) is 7.38. The Kier molecular flexibility index (Phi) is 7.18. The van der Waals surface area contributed by atoms with Gasteiger partial charge in [0, 0.05) is 53.9 Å². The van der Waals surface area contributed by atoms with Crippen molar-refractivity contribution in [1.82, 2.24) is 24.8 Å². The van der Waals surface area contributed by atoms with Crippen LogP contribution in [0.2, 0.25) is 5.02 Å². The van der Waals surface area contributed by atoms with Gasteiger partial charge in [-0.3, -0.25) is 9.78 Å². The predicted molar refractivity (Wildman–Crippen MR) is 140 cm³/mol. The quantitative estimate of drug-likeness (QED) is 0.344. The molecule has 7 nitrogen and oxygen atoms in total. The van der Waals surface area contributed by atoms with Crippen LogP contribution in [0.15, 0.2) is 55.4 Å². The minimum absolute atomic E-state index is 0.0697. The van der Waals surface area contributed by atoms with Crippen LogP contribution in [0.3, 0.4) is 0 Å². The van der Waals surface area contributed by atoms with Crippen LogP contribution >= 0.6 is 11.6 Å². The van der Waals surface area contributed by atoms with Crippen LogP contribution in [-0.4, -0.2) is 25.4 Å². The fourth-order valence-electron chi connectivity index (χ4n) is 5.05. The van der Waals surface area contributed by atoms with Gasteiger partial charge >= 0.3 is 0 Å². The number of aryl methyl sites for hydroxylation is 1. The summed E-state index contributed by atoms with van der Waals surface area (Å²) in [6, 6.07) is 7.92. The van der Waals surface area contributed by atoms with Gasteiger partial charge in [0.1, 0.15) is 17.9 Å². The summed E-state index contributed by atoms with van der Waals surface area (Å²) in [6.07, 6.45) is 13.2. The molecule has 1 fully saturated rings. The third kappa shape index (κ3) is 5.07. The fourth-order valence-corrected chi connectivity index (χ4v) is 5.28. The van der Waals surface area contributed by atoms with Crippen LogP contribution < -0.4 is 10.1 Å². The van der Waals surface area contributed by atoms with E-state index in [-0.39, 0.29) is 18.4 Å². The maximum absolute atomic E-state index is 12.9. The molecule has 3 heterocycles. The highest BCUT2D eigenvalue weighted by Gasteiger charge is 2.27. The highest BCUT2D eigenvalue weighted by molar-refractivity contribution is 6.31. The van der Waals surface area contributed by atoms with Gasteiger partial charge in [-0.1, -0.05) is 43.5 Å². The van der Waals surface area contributed by atoms with E-state index in [4.69, 9.17) is 21.3 Å². The average Bonchev–Trinajstić information content (AvgIpc) is 3.41. The fraction of sp³-hybridized carbons (Fsp3) is 0.357. The molecule has 1 amide bonds. The molecule has 0 saturated heterocycles. The molecule has 5 rings (SSSR count). The number of imidazole rings is 1. The Hall–Kier alpha value is -3.45. The first-order chi connectivity index (χ1) is 17.5. The van der Waals surface area contributed by atoms with E-state index < -0.39 is 0 Å². The Balaban J connectivity index is 1.37. The number of amides is 1. The van der Waals surface area contributed by atoms with Gasteiger partial charge in [0.2, 0.25) is 5.91 Å². The smallest absolute Gasteiger partial charge is 0.223 e. The van der Waals surface area contributed by atoms with Gasteiger partial charge in [-0.15, -0.1) is 0 Å². The van der Waals surface area contributed by atoms with Crippen LogP contribution in [0.25, 0.3) is 16.6 Å². The van der Waals surface area contributed by atoms with Crippen molar-refractivity contribution in [2.24, 2.45) is 11.8 Å². The minimum Gasteiger partial charge on any atom is -0.487 e. The van der Waals surface area contributed by atoms with Gasteiger partial charge in [0.15, 0.2) is 0 Å². The zero-order chi connectivity index (χ0) is 25.1. The molecule has 3 aromatic heterocycles. The van der Waals surface area contributed by atoms with E-state index in [0.717, 1.165) is 52.7 Å². The maximum atomic E-state index is 12.9. The van der Waals surface area contributed by atoms with Gasteiger partial charge in [0.05, 0.1) is 17.0 Å². The molecule has 2 unspecified atom stereocenters. The van der Waals surface area contributed by atoms with Crippen molar-refractivity contribution in [3.63, 3.8) is 0 Å². The highest BCUT2D eigenvalue weighted by atomic mass is 35.5. The Labute approximate surface area is 215 Å². The SMILES string of the molecule is Cc1cc(-n2ccnc2)c2cccc(OCc3c(Cl)cncc3CNC(=O)C3CCCCC3C)c2n1. The molecule has 1 aliphatic rings. The molecule has 36 heavy (non-hydrogen) atoms. The number of para-hydroxylation sites is 1. The Morgan fingerprint density at radius 3 is 2.89 bits per heavy atom. The van der Waals surface area contributed by atoms with E-state index in [1.165, 1.54) is 6.42 Å². The largest absolute Gasteiger partial charge is 0.487 e. The number of pyridine rings is 2. The Morgan fingerprint density at radius 2 is 2.08 bits per heavy atom. The van der Waals surface area contributed by atoms with E-state index in [9.17, 15) is 4.79 Å². The van der Waals surface area contributed by atoms with E-state index in [0.29, 0.717) is 23.2 Å². The summed E-state index contributed by atoms with van der Waals surface area (Å²) in [5.41, 5.74) is 4.30. The van der Waals surface area contributed by atoms with Crippen LogP contribution in [0.5, 0.6) is 5.75 Å². The first-order valence-electron chi connectivity index (χ1n) is 12.4. The molecular weight excluding hydrogens is 474 g/mol. The molecule has 2 atom stereocenters. The zero-order valence-electron chi connectivity index (χ0n) is 20.6. The van der Waals surface area contributed by atoms with Crippen molar-refractivity contribution in [2.75, 3.05) is 0 Å². The van der Waals surface area contributed by atoms with E-state index in [2.05, 4.69) is 22.2 Å². The van der Waals surface area contributed by atoms with Crippen molar-refractivity contribution >= 4 is 28.4 Å². The normalized spacial score (nSPS) is 17.8. The number of rotatable bonds is 7. The summed E-state index contributed by atoms with van der Waals surface area (Å²) in [5.74, 6) is 1.25. The summed E-state index contributed by atoms with van der Waals surface area (Å²) < 4.78 is 8.25. The number of fused-ring (bicyclic) bond motifs is 1. The van der Waals surface area contributed by atoms with Crippen molar-refractivity contribution in [2.45, 2.75) is 52.7 Å². The number of hydrogen-bond acceptors (Lipinski definition) is 5. The third-order valence-electron chi connectivity index (χ3n) is 7.06. The number of halogens is 1. The lowest BCUT2D eigenvalue weighted by molar-refractivity contribution is -0.127. The molecule has 8 heteroatoms. The number of aromatic nitrogens is 4. The van der Waals surface area contributed by atoms with Crippen LogP contribution in [-0.2, 0) is 17.9 Å². The van der Waals surface area contributed by atoms with E-state index in [1.807, 2.05) is 42.0 Å². The molecule has 186 valence electrons. The van der Waals surface area contributed by atoms with Crippen molar-refractivity contribution < 1.29 is 9.53 Å². The second-order valence-corrected chi connectivity index (χ2v) is 9.95. The zero-order valence-corrected chi connectivity index (χ0v) is 21.3. The van der Waals surface area contributed by atoms with Crippen molar-refractivity contribution in [3.8, 4) is 11.4 Å². The molecule has 0 spiro atoms. The van der Waals surface area contributed by atoms with Crippen LogP contribution in [0, 0.1) is 18.8 Å². The number of ether oxygens (including phenoxy) is 1. The summed E-state index contributed by atoms with van der Waals surface area (Å²) in [5, 5.41) is 4.59. The van der Waals surface area contributed by atoms with Crippen LogP contribution in [0.1, 0.15) is 49.4 Å². The second-order valence-electron chi connectivity index (χ2n) is 9.54. The number of benzene rings is 1. The lowest BCUT2D eigenvalue weighted by Gasteiger charge is -2.27. The molecule has 1 N–H and O–H groups in total. The topological polar surface area (TPSA) is 81.9 Å². The van der Waals surface area contributed by atoms with Gasteiger partial charge in [-0.25, -0.2) is 9.97 Å². The van der Waals surface area contributed by atoms with Gasteiger partial charge in [-0.2, -0.15) is 0 Å². The summed E-state index contributed by atoms with van der Waals surface area (Å²) >= 11 is 6.54. The lowest BCUT2D eigenvalue weighted by Crippen LogP contribution is -2.35. The van der Waals surface area contributed by atoms with E-state index >= 15 is 0 Å². The van der Waals surface area contributed by atoms with Gasteiger partial charge in [-0.05, 0) is 43.4 Å². The number of carbonyl (C=O) groups excluding carboxylic acids is 1. The lowest BCUT2D eigenvalue weighted by atomic mass is 9.80. The molecular formula is C28H30ClN5O2. The minimum atomic E-state index is 0.0697. The van der Waals surface area contributed by atoms with Crippen molar-refractivity contribution in [1.29, 1.82) is 0 Å². The standard InChI is InChI=1S/C28H30ClN5O2/c1-18-6-3-4-7-21(18)28(35)32-14-20-13-31-15-24(29)23(20)16-36-26-9-5-8-22-25(34-11-10-30-17-34)12-19(2)33-27(22)26/h5,8-13,15,17-18,21H,3-4,6-7,14,16H2,1-2H3,(H,32,35). The molecule has 1 aliphatic carbocycles. The molecule has 4 aromatic rings. The molecule has 0 bridgehead atoms. The molecule has 1 aromatic carbocycles. The van der Waals surface area contributed by atoms with Crippen LogP contribution in [0.4, 0.5) is 0 Å². The first kappa shape index (κ1) is 24.3. The Bertz CT molecular complexity index is 1370. The average molecular weight is 504 g/mol. The molecule has 0 aliphatic heterocycles. The van der Waals surface area contributed by atoms with E-state index in [1.54, 1.807) is 24.9 Å². The number of carbonyl (C=O) groups is 1. The maximum Gasteiger partial charge on any atom is 0.223 e. The highest BCUT2D eigenvalue weighted by Crippen LogP contribution is 2.32. The predicted octanol–water partition coefficient (Wildman–Crippen LogP) is 5.80. The summed E-state index contributed by atoms with van der Waals surface area (Å²) in [7, 11) is 0. The first-order valence-corrected chi connectivity index (χ1v) is 12.8.